The van der Waals surface area contributed by atoms with Crippen LogP contribution in [0.3, 0.4) is 0 Å². The predicted molar refractivity (Wildman–Crippen MR) is 137 cm³/mol. The summed E-state index contributed by atoms with van der Waals surface area (Å²) >= 11 is 0. The Hall–Kier alpha value is -3.42. The van der Waals surface area contributed by atoms with Crippen molar-refractivity contribution in [3.63, 3.8) is 0 Å². The second kappa shape index (κ2) is 13.5. The molecule has 0 saturated heterocycles. The van der Waals surface area contributed by atoms with Crippen LogP contribution in [0.2, 0.25) is 0 Å². The molecule has 2 aromatic rings. The van der Waals surface area contributed by atoms with Crippen LogP contribution in [0.5, 0.6) is 11.5 Å². The summed E-state index contributed by atoms with van der Waals surface area (Å²) in [4.78, 5) is 26.5. The van der Waals surface area contributed by atoms with Gasteiger partial charge in [-0.25, -0.2) is 9.59 Å². The maximum atomic E-state index is 12.9. The van der Waals surface area contributed by atoms with Gasteiger partial charge < -0.3 is 29.7 Å². The van der Waals surface area contributed by atoms with Gasteiger partial charge in [0, 0.05) is 26.2 Å². The maximum Gasteiger partial charge on any atom is 0.407 e. The number of carbonyl (C=O) groups excluding carboxylic acids is 2. The Bertz CT molecular complexity index is 942. The number of alkyl carbamates (subject to hydrolysis) is 1. The van der Waals surface area contributed by atoms with Gasteiger partial charge in [0.05, 0.1) is 7.11 Å². The molecule has 8 heteroatoms. The average molecular weight is 486 g/mol. The van der Waals surface area contributed by atoms with Crippen molar-refractivity contribution >= 4 is 12.1 Å². The minimum Gasteiger partial charge on any atom is -0.493 e. The molecule has 0 saturated carbocycles. The summed E-state index contributed by atoms with van der Waals surface area (Å²) in [5, 5.41) is 5.66. The molecule has 8 nitrogen and oxygen atoms in total. The third-order valence-corrected chi connectivity index (χ3v) is 4.84. The van der Waals surface area contributed by atoms with Gasteiger partial charge in [0.2, 0.25) is 0 Å². The summed E-state index contributed by atoms with van der Waals surface area (Å²) in [6, 6.07) is 15.3. The highest BCUT2D eigenvalue weighted by Gasteiger charge is 2.18. The number of amides is 3. The molecule has 0 bridgehead atoms. The van der Waals surface area contributed by atoms with E-state index >= 15 is 0 Å². The van der Waals surface area contributed by atoms with Crippen molar-refractivity contribution in [3.8, 4) is 11.5 Å². The summed E-state index contributed by atoms with van der Waals surface area (Å²) in [6.45, 7) is 11.4. The lowest BCUT2D eigenvalue weighted by atomic mass is 10.2. The summed E-state index contributed by atoms with van der Waals surface area (Å²) in [6.07, 6.45) is -0.512. The highest BCUT2D eigenvalue weighted by molar-refractivity contribution is 5.74. The van der Waals surface area contributed by atoms with Gasteiger partial charge in [-0.15, -0.1) is 0 Å². The lowest BCUT2D eigenvalue weighted by Crippen LogP contribution is -2.45. The van der Waals surface area contributed by atoms with Crippen molar-refractivity contribution in [2.24, 2.45) is 5.92 Å². The Morgan fingerprint density at radius 2 is 1.69 bits per heavy atom. The van der Waals surface area contributed by atoms with Crippen LogP contribution >= 0.6 is 0 Å². The fraction of sp³-hybridized carbons (Fsp3) is 0.481. The SMILES string of the molecule is COc1cc(CN(CCNC(=O)OC(C)(C)C)C(=O)NCC(C)C)ccc1OCc1ccccc1. The predicted octanol–water partition coefficient (Wildman–Crippen LogP) is 4.97. The Morgan fingerprint density at radius 3 is 2.31 bits per heavy atom. The summed E-state index contributed by atoms with van der Waals surface area (Å²) in [5.74, 6) is 1.54. The number of nitrogens with zero attached hydrogens (tertiary/aromatic N) is 1. The third-order valence-electron chi connectivity index (χ3n) is 4.84. The number of rotatable bonds is 11. The first kappa shape index (κ1) is 27.8. The maximum absolute atomic E-state index is 12.9. The second-order valence-corrected chi connectivity index (χ2v) is 9.69. The quantitative estimate of drug-likeness (QED) is 0.469. The topological polar surface area (TPSA) is 89.1 Å². The van der Waals surface area contributed by atoms with E-state index in [2.05, 4.69) is 10.6 Å². The summed E-state index contributed by atoms with van der Waals surface area (Å²) in [5.41, 5.74) is 1.36. The van der Waals surface area contributed by atoms with E-state index in [1.807, 2.05) is 62.4 Å². The van der Waals surface area contributed by atoms with Gasteiger partial charge in [-0.3, -0.25) is 0 Å². The van der Waals surface area contributed by atoms with Crippen molar-refractivity contribution in [3.05, 3.63) is 59.7 Å². The van der Waals surface area contributed by atoms with Crippen LogP contribution in [-0.4, -0.2) is 49.4 Å². The smallest absolute Gasteiger partial charge is 0.407 e. The van der Waals surface area contributed by atoms with Crippen LogP contribution in [0.4, 0.5) is 9.59 Å². The molecule has 3 amide bonds. The first-order valence-corrected chi connectivity index (χ1v) is 11.9. The fourth-order valence-corrected chi connectivity index (χ4v) is 3.15. The fourth-order valence-electron chi connectivity index (χ4n) is 3.15. The first-order valence-electron chi connectivity index (χ1n) is 11.9. The molecule has 0 aromatic heterocycles. The molecule has 0 heterocycles. The zero-order chi connectivity index (χ0) is 25.8. The standard InChI is InChI=1S/C27H39N3O5/c1-20(2)17-29-25(31)30(15-14-28-26(32)35-27(3,4)5)18-22-12-13-23(24(16-22)33-6)34-19-21-10-8-7-9-11-21/h7-13,16,20H,14-15,17-19H2,1-6H3,(H,28,32)(H,29,31). The van der Waals surface area contributed by atoms with Crippen LogP contribution in [0.25, 0.3) is 0 Å². The molecule has 2 N–H and O–H groups in total. The monoisotopic (exact) mass is 485 g/mol. The zero-order valence-corrected chi connectivity index (χ0v) is 21.7. The van der Waals surface area contributed by atoms with Crippen molar-refractivity contribution in [1.82, 2.24) is 15.5 Å². The molecule has 0 atom stereocenters. The average Bonchev–Trinajstić information content (AvgIpc) is 2.80. The van der Waals surface area contributed by atoms with E-state index in [1.54, 1.807) is 32.8 Å². The van der Waals surface area contributed by atoms with E-state index in [0.717, 1.165) is 11.1 Å². The number of ether oxygens (including phenoxy) is 3. The Kier molecular flexibility index (Phi) is 10.7. The van der Waals surface area contributed by atoms with Gasteiger partial charge in [0.15, 0.2) is 11.5 Å². The minimum absolute atomic E-state index is 0.201. The molecular weight excluding hydrogens is 446 g/mol. The lowest BCUT2D eigenvalue weighted by molar-refractivity contribution is 0.0523. The normalized spacial score (nSPS) is 11.1. The van der Waals surface area contributed by atoms with Gasteiger partial charge in [-0.05, 0) is 49.9 Å². The summed E-state index contributed by atoms with van der Waals surface area (Å²) < 4.78 is 16.8. The molecule has 2 aromatic carbocycles. The zero-order valence-electron chi connectivity index (χ0n) is 21.7. The van der Waals surface area contributed by atoms with E-state index in [-0.39, 0.29) is 12.6 Å². The number of methoxy groups -OCH3 is 1. The Morgan fingerprint density at radius 1 is 0.971 bits per heavy atom. The molecule has 0 fully saturated rings. The molecule has 0 radical (unpaired) electrons. The molecule has 0 aliphatic rings. The largest absolute Gasteiger partial charge is 0.493 e. The van der Waals surface area contributed by atoms with Gasteiger partial charge in [0.25, 0.3) is 0 Å². The van der Waals surface area contributed by atoms with E-state index in [9.17, 15) is 9.59 Å². The number of benzene rings is 2. The Labute approximate surface area is 208 Å². The van der Waals surface area contributed by atoms with Crippen molar-refractivity contribution in [1.29, 1.82) is 0 Å². The van der Waals surface area contributed by atoms with Gasteiger partial charge in [0.1, 0.15) is 12.2 Å². The summed E-state index contributed by atoms with van der Waals surface area (Å²) in [7, 11) is 1.59. The number of carbonyl (C=O) groups is 2. The first-order chi connectivity index (χ1) is 16.6. The van der Waals surface area contributed by atoms with E-state index in [0.29, 0.717) is 43.7 Å². The lowest BCUT2D eigenvalue weighted by Gasteiger charge is -2.25. The number of hydrogen-bond acceptors (Lipinski definition) is 5. The van der Waals surface area contributed by atoms with Crippen LogP contribution in [-0.2, 0) is 17.9 Å². The highest BCUT2D eigenvalue weighted by atomic mass is 16.6. The van der Waals surface area contributed by atoms with E-state index in [1.165, 1.54) is 0 Å². The van der Waals surface area contributed by atoms with E-state index < -0.39 is 11.7 Å². The number of hydrogen-bond donors (Lipinski definition) is 2. The highest BCUT2D eigenvalue weighted by Crippen LogP contribution is 2.29. The van der Waals surface area contributed by atoms with Crippen LogP contribution in [0.15, 0.2) is 48.5 Å². The molecule has 192 valence electrons. The van der Waals surface area contributed by atoms with Crippen molar-refractivity contribution in [2.75, 3.05) is 26.7 Å². The van der Waals surface area contributed by atoms with Crippen LogP contribution < -0.4 is 20.1 Å². The molecule has 0 aliphatic heterocycles. The Balaban J connectivity index is 2.05. The van der Waals surface area contributed by atoms with Crippen molar-refractivity contribution < 1.29 is 23.8 Å². The van der Waals surface area contributed by atoms with Gasteiger partial charge in [-0.1, -0.05) is 50.2 Å². The molecule has 0 unspecified atom stereocenters. The molecule has 0 aliphatic carbocycles. The molecule has 0 spiro atoms. The van der Waals surface area contributed by atoms with Crippen LogP contribution in [0.1, 0.15) is 45.7 Å². The van der Waals surface area contributed by atoms with Crippen LogP contribution in [0, 0.1) is 5.92 Å². The molecular formula is C27H39N3O5. The van der Waals surface area contributed by atoms with Gasteiger partial charge >= 0.3 is 12.1 Å². The molecule has 35 heavy (non-hydrogen) atoms. The molecule has 2 rings (SSSR count). The number of nitrogens with one attached hydrogen (secondary N) is 2. The van der Waals surface area contributed by atoms with E-state index in [4.69, 9.17) is 14.2 Å². The number of urea groups is 1. The van der Waals surface area contributed by atoms with Crippen molar-refractivity contribution in [2.45, 2.75) is 53.4 Å². The minimum atomic E-state index is -0.584. The second-order valence-electron chi connectivity index (χ2n) is 9.69. The van der Waals surface area contributed by atoms with Gasteiger partial charge in [-0.2, -0.15) is 0 Å². The third kappa shape index (κ3) is 10.6.